The summed E-state index contributed by atoms with van der Waals surface area (Å²) in [6.45, 7) is 0.663. The molecule has 3 nitrogen and oxygen atoms in total. The van der Waals surface area contributed by atoms with Crippen LogP contribution < -0.4 is 0 Å². The number of phenolic OH excluding ortho intramolecular Hbond substituents is 1. The number of hydrogen-bond acceptors (Lipinski definition) is 2. The quantitative estimate of drug-likeness (QED) is 0.790. The van der Waals surface area contributed by atoms with E-state index in [1.165, 1.54) is 0 Å². The highest BCUT2D eigenvalue weighted by Crippen LogP contribution is 2.24. The zero-order chi connectivity index (χ0) is 13.9. The summed E-state index contributed by atoms with van der Waals surface area (Å²) in [6.07, 6.45) is 3.59. The van der Waals surface area contributed by atoms with Gasteiger partial charge in [-0.2, -0.15) is 0 Å². The molecular weight excluding hydrogens is 272 g/mol. The van der Waals surface area contributed by atoms with E-state index in [4.69, 9.17) is 11.6 Å². The molecule has 0 aliphatic carbocycles. The van der Waals surface area contributed by atoms with Crippen molar-refractivity contribution >= 4 is 11.6 Å². The summed E-state index contributed by atoms with van der Waals surface area (Å²) in [5.41, 5.74) is 3.05. The summed E-state index contributed by atoms with van der Waals surface area (Å²) >= 11 is 6.19. The van der Waals surface area contributed by atoms with E-state index in [0.717, 1.165) is 21.8 Å². The Hall–Kier alpha value is -2.26. The maximum Gasteiger partial charge on any atom is 0.115 e. The van der Waals surface area contributed by atoms with E-state index in [9.17, 15) is 5.11 Å². The molecule has 0 spiro atoms. The third-order valence-corrected chi connectivity index (χ3v) is 3.54. The standard InChI is InChI=1S/C16H13ClN2O/c17-15-4-2-1-3-13(15)10-19-11-18-9-16(19)12-5-7-14(20)8-6-12/h1-9,11,20H,10H2. The molecule has 1 heterocycles. The molecule has 1 aromatic heterocycles. The molecule has 2 aromatic carbocycles. The molecule has 4 heteroatoms. The van der Waals surface area contributed by atoms with Gasteiger partial charge in [-0.1, -0.05) is 29.8 Å². The van der Waals surface area contributed by atoms with E-state index in [1.54, 1.807) is 18.5 Å². The molecule has 3 aromatic rings. The molecule has 0 fully saturated rings. The molecule has 3 rings (SSSR count). The molecule has 20 heavy (non-hydrogen) atoms. The van der Waals surface area contributed by atoms with Crippen LogP contribution in [0.1, 0.15) is 5.56 Å². The molecular formula is C16H13ClN2O. The van der Waals surface area contributed by atoms with Crippen LogP contribution in [0.3, 0.4) is 0 Å². The lowest BCUT2D eigenvalue weighted by Gasteiger charge is -2.09. The fourth-order valence-corrected chi connectivity index (χ4v) is 2.32. The average Bonchev–Trinajstić information content (AvgIpc) is 2.90. The first-order valence-electron chi connectivity index (χ1n) is 6.27. The molecule has 0 aliphatic heterocycles. The second kappa shape index (κ2) is 5.39. The Labute approximate surface area is 122 Å². The fourth-order valence-electron chi connectivity index (χ4n) is 2.13. The Balaban J connectivity index is 1.95. The van der Waals surface area contributed by atoms with Gasteiger partial charge >= 0.3 is 0 Å². The number of rotatable bonds is 3. The van der Waals surface area contributed by atoms with Gasteiger partial charge in [-0.15, -0.1) is 0 Å². The topological polar surface area (TPSA) is 38.1 Å². The van der Waals surface area contributed by atoms with Crippen LogP contribution >= 0.6 is 11.6 Å². The van der Waals surface area contributed by atoms with Crippen molar-refractivity contribution in [3.63, 3.8) is 0 Å². The number of nitrogens with zero attached hydrogens (tertiary/aromatic N) is 2. The van der Waals surface area contributed by atoms with Crippen molar-refractivity contribution in [2.45, 2.75) is 6.54 Å². The number of aromatic nitrogens is 2. The minimum atomic E-state index is 0.255. The Kier molecular flexibility index (Phi) is 3.44. The van der Waals surface area contributed by atoms with Crippen LogP contribution in [0.15, 0.2) is 61.1 Å². The summed E-state index contributed by atoms with van der Waals surface area (Å²) in [4.78, 5) is 4.20. The van der Waals surface area contributed by atoms with Gasteiger partial charge in [-0.05, 0) is 35.9 Å². The van der Waals surface area contributed by atoms with Gasteiger partial charge in [-0.3, -0.25) is 0 Å². The Morgan fingerprint density at radius 1 is 1.05 bits per heavy atom. The van der Waals surface area contributed by atoms with Crippen LogP contribution in [-0.4, -0.2) is 14.7 Å². The van der Waals surface area contributed by atoms with Crippen LogP contribution in [0.4, 0.5) is 0 Å². The molecule has 0 saturated carbocycles. The first kappa shape index (κ1) is 12.8. The zero-order valence-electron chi connectivity index (χ0n) is 10.7. The second-order valence-electron chi connectivity index (χ2n) is 4.55. The van der Waals surface area contributed by atoms with Crippen LogP contribution in [-0.2, 0) is 6.54 Å². The zero-order valence-corrected chi connectivity index (χ0v) is 11.5. The third-order valence-electron chi connectivity index (χ3n) is 3.17. The van der Waals surface area contributed by atoms with Crippen LogP contribution in [0.25, 0.3) is 11.3 Å². The first-order valence-corrected chi connectivity index (χ1v) is 6.65. The number of imidazole rings is 1. The monoisotopic (exact) mass is 284 g/mol. The van der Waals surface area contributed by atoms with Crippen molar-refractivity contribution in [1.82, 2.24) is 9.55 Å². The summed E-state index contributed by atoms with van der Waals surface area (Å²) in [5, 5.41) is 10.1. The van der Waals surface area contributed by atoms with Crippen molar-refractivity contribution in [1.29, 1.82) is 0 Å². The number of halogens is 1. The van der Waals surface area contributed by atoms with Crippen molar-refractivity contribution < 1.29 is 5.11 Å². The van der Waals surface area contributed by atoms with Gasteiger partial charge < -0.3 is 9.67 Å². The van der Waals surface area contributed by atoms with E-state index >= 15 is 0 Å². The van der Waals surface area contributed by atoms with Crippen molar-refractivity contribution in [2.24, 2.45) is 0 Å². The maximum atomic E-state index is 9.36. The van der Waals surface area contributed by atoms with Gasteiger partial charge in [0, 0.05) is 10.6 Å². The van der Waals surface area contributed by atoms with Gasteiger partial charge in [0.2, 0.25) is 0 Å². The van der Waals surface area contributed by atoms with Gasteiger partial charge in [0.1, 0.15) is 5.75 Å². The van der Waals surface area contributed by atoms with Gasteiger partial charge in [0.05, 0.1) is 24.8 Å². The minimum absolute atomic E-state index is 0.255. The van der Waals surface area contributed by atoms with E-state index in [1.807, 2.05) is 47.2 Å². The Bertz CT molecular complexity index is 719. The molecule has 0 aliphatic rings. The van der Waals surface area contributed by atoms with Gasteiger partial charge in [0.15, 0.2) is 0 Å². The molecule has 1 N–H and O–H groups in total. The van der Waals surface area contributed by atoms with E-state index in [-0.39, 0.29) is 5.75 Å². The van der Waals surface area contributed by atoms with Gasteiger partial charge in [0.25, 0.3) is 0 Å². The van der Waals surface area contributed by atoms with E-state index < -0.39 is 0 Å². The van der Waals surface area contributed by atoms with Crippen molar-refractivity contribution in [2.75, 3.05) is 0 Å². The lowest BCUT2D eigenvalue weighted by Crippen LogP contribution is -2.00. The molecule has 100 valence electrons. The maximum absolute atomic E-state index is 9.36. The number of hydrogen-bond donors (Lipinski definition) is 1. The molecule has 0 atom stereocenters. The smallest absolute Gasteiger partial charge is 0.115 e. The molecule has 0 radical (unpaired) electrons. The Morgan fingerprint density at radius 2 is 1.80 bits per heavy atom. The average molecular weight is 285 g/mol. The van der Waals surface area contributed by atoms with E-state index in [2.05, 4.69) is 4.98 Å². The van der Waals surface area contributed by atoms with Crippen molar-refractivity contribution in [3.8, 4) is 17.0 Å². The van der Waals surface area contributed by atoms with Crippen molar-refractivity contribution in [3.05, 3.63) is 71.6 Å². The lowest BCUT2D eigenvalue weighted by atomic mass is 10.1. The second-order valence-corrected chi connectivity index (χ2v) is 4.95. The number of benzene rings is 2. The SMILES string of the molecule is Oc1ccc(-c2cncn2Cc2ccccc2Cl)cc1. The highest BCUT2D eigenvalue weighted by Gasteiger charge is 2.07. The highest BCUT2D eigenvalue weighted by atomic mass is 35.5. The molecule has 0 amide bonds. The van der Waals surface area contributed by atoms with E-state index in [0.29, 0.717) is 6.54 Å². The molecule has 0 bridgehead atoms. The summed E-state index contributed by atoms with van der Waals surface area (Å²) < 4.78 is 2.04. The number of aromatic hydroxyl groups is 1. The normalized spacial score (nSPS) is 10.7. The molecule has 0 saturated heterocycles. The van der Waals surface area contributed by atoms with Crippen LogP contribution in [0, 0.1) is 0 Å². The number of phenols is 1. The summed E-state index contributed by atoms with van der Waals surface area (Å²) in [6, 6.07) is 14.9. The fraction of sp³-hybridized carbons (Fsp3) is 0.0625. The first-order chi connectivity index (χ1) is 9.74. The van der Waals surface area contributed by atoms with Gasteiger partial charge in [-0.25, -0.2) is 4.98 Å². The molecule has 0 unspecified atom stereocenters. The summed E-state index contributed by atoms with van der Waals surface area (Å²) in [7, 11) is 0. The minimum Gasteiger partial charge on any atom is -0.508 e. The predicted molar refractivity (Wildman–Crippen MR) is 79.9 cm³/mol. The Morgan fingerprint density at radius 3 is 2.55 bits per heavy atom. The third kappa shape index (κ3) is 2.53. The van der Waals surface area contributed by atoms with Crippen LogP contribution in [0.2, 0.25) is 5.02 Å². The largest absolute Gasteiger partial charge is 0.508 e. The van der Waals surface area contributed by atoms with Crippen LogP contribution in [0.5, 0.6) is 5.75 Å². The lowest BCUT2D eigenvalue weighted by molar-refractivity contribution is 0.475. The highest BCUT2D eigenvalue weighted by molar-refractivity contribution is 6.31. The predicted octanol–water partition coefficient (Wildman–Crippen LogP) is 3.96. The summed E-state index contributed by atoms with van der Waals surface area (Å²) in [5.74, 6) is 0.255.